The lowest BCUT2D eigenvalue weighted by Gasteiger charge is -2.12. The number of rotatable bonds is 4. The van der Waals surface area contributed by atoms with Crippen molar-refractivity contribution < 1.29 is 12.8 Å². The molecule has 3 N–H and O–H groups in total. The third-order valence-corrected chi connectivity index (χ3v) is 6.25. The minimum absolute atomic E-state index is 0.0819. The zero-order chi connectivity index (χ0) is 14.0. The van der Waals surface area contributed by atoms with Crippen molar-refractivity contribution in [2.45, 2.75) is 11.3 Å². The number of nitrogens with two attached hydrogens (primary N) is 1. The summed E-state index contributed by atoms with van der Waals surface area (Å²) in [4.78, 5) is -0.0913. The molecule has 1 atom stereocenters. The first-order chi connectivity index (χ1) is 8.90. The maximum atomic E-state index is 13.2. The highest BCUT2D eigenvalue weighted by molar-refractivity contribution is 9.10. The van der Waals surface area contributed by atoms with Gasteiger partial charge >= 0.3 is 0 Å². The summed E-state index contributed by atoms with van der Waals surface area (Å²) >= 11 is 4.78. The Kier molecular flexibility index (Phi) is 4.75. The molecule has 0 aromatic heterocycles. The first-order valence-electron chi connectivity index (χ1n) is 5.72. The van der Waals surface area contributed by atoms with Crippen LogP contribution in [0.1, 0.15) is 6.42 Å². The molecule has 0 saturated carbocycles. The third kappa shape index (κ3) is 3.62. The van der Waals surface area contributed by atoms with Gasteiger partial charge in [-0.1, -0.05) is 0 Å². The van der Waals surface area contributed by atoms with Crippen molar-refractivity contribution in [2.75, 3.05) is 23.8 Å². The number of nitrogens with one attached hydrogen (secondary N) is 1. The Balaban J connectivity index is 2.16. The molecular formula is C11H14BrFN2O2S2. The van der Waals surface area contributed by atoms with Gasteiger partial charge in [0.15, 0.2) is 0 Å². The Morgan fingerprint density at radius 2 is 2.26 bits per heavy atom. The predicted molar refractivity (Wildman–Crippen MR) is 79.1 cm³/mol. The SMILES string of the molecule is Nc1cc(F)c(Br)cc1S(=O)(=O)NCC1CCSC1. The lowest BCUT2D eigenvalue weighted by molar-refractivity contribution is 0.545. The van der Waals surface area contributed by atoms with E-state index in [2.05, 4.69) is 20.7 Å². The standard InChI is InChI=1S/C11H14BrFN2O2S2/c12-8-3-11(10(14)4-9(8)13)19(16,17)15-5-7-1-2-18-6-7/h3-4,7,15H,1-2,5-6,14H2. The molecule has 1 unspecified atom stereocenters. The van der Waals surface area contributed by atoms with Crippen LogP contribution in [0.15, 0.2) is 21.5 Å². The van der Waals surface area contributed by atoms with Gasteiger partial charge in [0.05, 0.1) is 10.2 Å². The monoisotopic (exact) mass is 368 g/mol. The number of benzene rings is 1. The van der Waals surface area contributed by atoms with Crippen molar-refractivity contribution in [3.05, 3.63) is 22.4 Å². The number of anilines is 1. The number of hydrogen-bond donors (Lipinski definition) is 2. The van der Waals surface area contributed by atoms with Gasteiger partial charge in [0.2, 0.25) is 10.0 Å². The van der Waals surface area contributed by atoms with Crippen LogP contribution in [0, 0.1) is 11.7 Å². The Labute approximate surface area is 124 Å². The normalized spacial score (nSPS) is 19.8. The second-order valence-electron chi connectivity index (χ2n) is 4.39. The van der Waals surface area contributed by atoms with E-state index in [1.807, 2.05) is 11.8 Å². The average molecular weight is 369 g/mol. The van der Waals surface area contributed by atoms with E-state index in [1.165, 1.54) is 6.07 Å². The minimum Gasteiger partial charge on any atom is -0.398 e. The molecule has 1 saturated heterocycles. The van der Waals surface area contributed by atoms with Crippen molar-refractivity contribution in [3.8, 4) is 0 Å². The van der Waals surface area contributed by atoms with Crippen LogP contribution in [-0.2, 0) is 10.0 Å². The maximum absolute atomic E-state index is 13.2. The van der Waals surface area contributed by atoms with Crippen molar-refractivity contribution >= 4 is 43.4 Å². The van der Waals surface area contributed by atoms with Crippen LogP contribution >= 0.6 is 27.7 Å². The Bertz CT molecular complexity index is 574. The summed E-state index contributed by atoms with van der Waals surface area (Å²) in [5, 5.41) is 0. The highest BCUT2D eigenvalue weighted by atomic mass is 79.9. The zero-order valence-electron chi connectivity index (χ0n) is 10.0. The van der Waals surface area contributed by atoms with Gasteiger partial charge < -0.3 is 5.73 Å². The second-order valence-corrected chi connectivity index (χ2v) is 8.13. The van der Waals surface area contributed by atoms with Crippen molar-refractivity contribution in [2.24, 2.45) is 5.92 Å². The average Bonchev–Trinajstić information content (AvgIpc) is 2.84. The molecule has 2 rings (SSSR count). The summed E-state index contributed by atoms with van der Waals surface area (Å²) in [6, 6.07) is 2.19. The van der Waals surface area contributed by atoms with Crippen LogP contribution in [0.4, 0.5) is 10.1 Å². The quantitative estimate of drug-likeness (QED) is 0.799. The molecule has 0 spiro atoms. The summed E-state index contributed by atoms with van der Waals surface area (Å²) in [7, 11) is -3.70. The molecule has 1 aromatic rings. The van der Waals surface area contributed by atoms with Gasteiger partial charge in [0.1, 0.15) is 10.7 Å². The number of sulfonamides is 1. The smallest absolute Gasteiger partial charge is 0.242 e. The predicted octanol–water partition coefficient (Wildman–Crippen LogP) is 2.20. The number of thioether (sulfide) groups is 1. The number of hydrogen-bond acceptors (Lipinski definition) is 4. The van der Waals surface area contributed by atoms with E-state index in [-0.39, 0.29) is 15.1 Å². The molecule has 1 aliphatic heterocycles. The minimum atomic E-state index is -3.70. The van der Waals surface area contributed by atoms with Gasteiger partial charge in [0.25, 0.3) is 0 Å². The zero-order valence-corrected chi connectivity index (χ0v) is 13.2. The molecule has 0 amide bonds. The molecule has 1 fully saturated rings. The number of halogens is 2. The van der Waals surface area contributed by atoms with Crippen LogP contribution in [0.5, 0.6) is 0 Å². The van der Waals surface area contributed by atoms with Gasteiger partial charge in [-0.15, -0.1) is 0 Å². The maximum Gasteiger partial charge on any atom is 0.242 e. The molecule has 0 aliphatic carbocycles. The first kappa shape index (κ1) is 15.1. The largest absolute Gasteiger partial charge is 0.398 e. The van der Waals surface area contributed by atoms with Crippen LogP contribution < -0.4 is 10.5 Å². The molecule has 1 aliphatic rings. The van der Waals surface area contributed by atoms with E-state index >= 15 is 0 Å². The molecule has 1 heterocycles. The fourth-order valence-corrected chi connectivity index (χ4v) is 4.86. The van der Waals surface area contributed by atoms with Crippen LogP contribution in [-0.4, -0.2) is 26.5 Å². The molecular weight excluding hydrogens is 355 g/mol. The van der Waals surface area contributed by atoms with Gasteiger partial charge in [-0.3, -0.25) is 0 Å². The van der Waals surface area contributed by atoms with E-state index in [1.54, 1.807) is 0 Å². The first-order valence-corrected chi connectivity index (χ1v) is 9.15. The molecule has 1 aromatic carbocycles. The van der Waals surface area contributed by atoms with E-state index in [4.69, 9.17) is 5.73 Å². The van der Waals surface area contributed by atoms with Crippen LogP contribution in [0.2, 0.25) is 0 Å². The summed E-state index contributed by atoms with van der Waals surface area (Å²) in [5.41, 5.74) is 5.49. The highest BCUT2D eigenvalue weighted by Gasteiger charge is 2.22. The Morgan fingerprint density at radius 1 is 1.53 bits per heavy atom. The molecule has 19 heavy (non-hydrogen) atoms. The molecule has 0 bridgehead atoms. The number of nitrogen functional groups attached to an aromatic ring is 1. The van der Waals surface area contributed by atoms with Gasteiger partial charge in [0, 0.05) is 6.54 Å². The summed E-state index contributed by atoms with van der Waals surface area (Å²) in [6.07, 6.45) is 1.01. The van der Waals surface area contributed by atoms with Crippen LogP contribution in [0.3, 0.4) is 0 Å². The fraction of sp³-hybridized carbons (Fsp3) is 0.455. The Hall–Kier alpha value is -0.310. The topological polar surface area (TPSA) is 72.2 Å². The van der Waals surface area contributed by atoms with Crippen molar-refractivity contribution in [3.63, 3.8) is 0 Å². The van der Waals surface area contributed by atoms with Crippen molar-refractivity contribution in [1.29, 1.82) is 0 Å². The lowest BCUT2D eigenvalue weighted by Crippen LogP contribution is -2.30. The highest BCUT2D eigenvalue weighted by Crippen LogP contribution is 2.27. The van der Waals surface area contributed by atoms with E-state index in [0.717, 1.165) is 24.0 Å². The third-order valence-electron chi connectivity index (χ3n) is 2.93. The van der Waals surface area contributed by atoms with E-state index in [9.17, 15) is 12.8 Å². The van der Waals surface area contributed by atoms with Crippen molar-refractivity contribution in [1.82, 2.24) is 4.72 Å². The lowest BCUT2D eigenvalue weighted by atomic mass is 10.1. The van der Waals surface area contributed by atoms with Gasteiger partial charge in [-0.2, -0.15) is 11.8 Å². The summed E-state index contributed by atoms with van der Waals surface area (Å²) in [6.45, 7) is 0.393. The fourth-order valence-electron chi connectivity index (χ4n) is 1.83. The van der Waals surface area contributed by atoms with Crippen LogP contribution in [0.25, 0.3) is 0 Å². The summed E-state index contributed by atoms with van der Waals surface area (Å²) in [5.74, 6) is 1.80. The van der Waals surface area contributed by atoms with E-state index in [0.29, 0.717) is 12.5 Å². The van der Waals surface area contributed by atoms with E-state index < -0.39 is 15.8 Å². The second kappa shape index (κ2) is 5.99. The molecule has 4 nitrogen and oxygen atoms in total. The Morgan fingerprint density at radius 3 is 2.89 bits per heavy atom. The van der Waals surface area contributed by atoms with Gasteiger partial charge in [-0.05, 0) is 51.9 Å². The molecule has 106 valence electrons. The molecule has 0 radical (unpaired) electrons. The molecule has 8 heteroatoms. The summed E-state index contributed by atoms with van der Waals surface area (Å²) < 4.78 is 40.1. The van der Waals surface area contributed by atoms with Gasteiger partial charge in [-0.25, -0.2) is 17.5 Å².